The first kappa shape index (κ1) is 12.2. The van der Waals surface area contributed by atoms with Gasteiger partial charge in [0.25, 0.3) is 0 Å². The Morgan fingerprint density at radius 1 is 1.33 bits per heavy atom. The van der Waals surface area contributed by atoms with E-state index >= 15 is 0 Å². The van der Waals surface area contributed by atoms with Crippen molar-refractivity contribution in [2.75, 3.05) is 26.1 Å². The number of nitriles is 1. The monoisotopic (exact) mass is 241 g/mol. The van der Waals surface area contributed by atoms with Crippen LogP contribution < -0.4 is 9.64 Å². The Morgan fingerprint density at radius 3 is 2.61 bits per heavy atom. The third-order valence-corrected chi connectivity index (χ3v) is 2.91. The number of hydrogen-bond acceptors (Lipinski definition) is 4. The summed E-state index contributed by atoms with van der Waals surface area (Å²) in [5, 5.41) is 10.2. The maximum absolute atomic E-state index is 9.29. The van der Waals surface area contributed by atoms with E-state index in [9.17, 15) is 5.26 Å². The number of nitrogens with zero attached hydrogens (tertiary/aromatic N) is 3. The van der Waals surface area contributed by atoms with E-state index in [4.69, 9.17) is 4.74 Å². The number of methoxy groups -OCH3 is 1. The van der Waals surface area contributed by atoms with Crippen LogP contribution in [-0.4, -0.2) is 26.2 Å². The fraction of sp³-hybridized carbons (Fsp3) is 0.286. The molecule has 0 saturated carbocycles. The fourth-order valence-corrected chi connectivity index (χ4v) is 2.12. The number of fused-ring (bicyclic) bond motifs is 1. The number of pyridine rings is 1. The van der Waals surface area contributed by atoms with E-state index < -0.39 is 0 Å². The van der Waals surface area contributed by atoms with Gasteiger partial charge in [-0.2, -0.15) is 5.26 Å². The van der Waals surface area contributed by atoms with Gasteiger partial charge in [-0.05, 0) is 13.0 Å². The molecule has 0 radical (unpaired) electrons. The number of anilines is 1. The molecule has 0 aliphatic carbocycles. The molecule has 0 aliphatic rings. The van der Waals surface area contributed by atoms with Gasteiger partial charge in [0.2, 0.25) is 0 Å². The molecule has 0 fully saturated rings. The molecular weight excluding hydrogens is 226 g/mol. The molecule has 0 atom stereocenters. The summed E-state index contributed by atoms with van der Waals surface area (Å²) in [6.45, 7) is 1.84. The summed E-state index contributed by atoms with van der Waals surface area (Å²) in [6, 6.07) is 7.97. The molecule has 0 N–H and O–H groups in total. The molecule has 18 heavy (non-hydrogen) atoms. The summed E-state index contributed by atoms with van der Waals surface area (Å²) >= 11 is 0. The van der Waals surface area contributed by atoms with Crippen molar-refractivity contribution in [3.63, 3.8) is 0 Å². The van der Waals surface area contributed by atoms with Gasteiger partial charge in [-0.1, -0.05) is 12.1 Å². The van der Waals surface area contributed by atoms with Crippen LogP contribution in [0.25, 0.3) is 10.9 Å². The summed E-state index contributed by atoms with van der Waals surface area (Å²) in [7, 11) is 5.47. The average Bonchev–Trinajstić information content (AvgIpc) is 2.36. The van der Waals surface area contributed by atoms with Gasteiger partial charge in [0.05, 0.1) is 24.1 Å². The number of aryl methyl sites for hydroxylation is 1. The van der Waals surface area contributed by atoms with Crippen molar-refractivity contribution in [1.82, 2.24) is 4.98 Å². The van der Waals surface area contributed by atoms with Gasteiger partial charge in [-0.3, -0.25) is 0 Å². The minimum atomic E-state index is 0.612. The van der Waals surface area contributed by atoms with Gasteiger partial charge in [-0.25, -0.2) is 4.98 Å². The van der Waals surface area contributed by atoms with E-state index in [0.717, 1.165) is 28.0 Å². The van der Waals surface area contributed by atoms with Gasteiger partial charge >= 0.3 is 0 Å². The molecule has 4 nitrogen and oxygen atoms in total. The van der Waals surface area contributed by atoms with Crippen molar-refractivity contribution >= 4 is 16.6 Å². The molecular formula is C14H15N3O. The topological polar surface area (TPSA) is 49.1 Å². The number of aromatic nitrogens is 1. The van der Waals surface area contributed by atoms with Crippen LogP contribution in [0.1, 0.15) is 11.3 Å². The zero-order valence-electron chi connectivity index (χ0n) is 11.0. The van der Waals surface area contributed by atoms with Crippen LogP contribution in [0.5, 0.6) is 5.75 Å². The Labute approximate surface area is 106 Å². The SMILES string of the molecule is COc1cccc2c(N(C)C)c(C#N)c(C)nc12. The van der Waals surface area contributed by atoms with Crippen molar-refractivity contribution in [3.8, 4) is 11.8 Å². The lowest BCUT2D eigenvalue weighted by Gasteiger charge is -2.19. The van der Waals surface area contributed by atoms with Crippen LogP contribution in [0.4, 0.5) is 5.69 Å². The molecule has 0 bridgehead atoms. The molecule has 0 unspecified atom stereocenters. The molecule has 2 rings (SSSR count). The molecule has 0 amide bonds. The average molecular weight is 241 g/mol. The van der Waals surface area contributed by atoms with Crippen LogP contribution in [0.2, 0.25) is 0 Å². The second-order valence-electron chi connectivity index (χ2n) is 4.28. The highest BCUT2D eigenvalue weighted by Crippen LogP contribution is 2.34. The number of rotatable bonds is 2. The van der Waals surface area contributed by atoms with Gasteiger partial charge in [-0.15, -0.1) is 0 Å². The Balaban J connectivity index is 2.96. The van der Waals surface area contributed by atoms with E-state index in [2.05, 4.69) is 11.1 Å². The molecule has 1 heterocycles. The third kappa shape index (κ3) is 1.74. The van der Waals surface area contributed by atoms with Crippen molar-refractivity contribution < 1.29 is 4.74 Å². The summed E-state index contributed by atoms with van der Waals surface area (Å²) < 4.78 is 5.33. The van der Waals surface area contributed by atoms with E-state index in [1.165, 1.54) is 0 Å². The van der Waals surface area contributed by atoms with Crippen LogP contribution in [-0.2, 0) is 0 Å². The van der Waals surface area contributed by atoms with E-state index in [0.29, 0.717) is 5.56 Å². The summed E-state index contributed by atoms with van der Waals surface area (Å²) in [5.74, 6) is 0.725. The molecule has 1 aromatic heterocycles. The number of hydrogen-bond donors (Lipinski definition) is 0. The molecule has 1 aromatic carbocycles. The number of ether oxygens (including phenoxy) is 1. The van der Waals surface area contributed by atoms with Crippen LogP contribution in [0, 0.1) is 18.3 Å². The first-order valence-corrected chi connectivity index (χ1v) is 5.65. The highest BCUT2D eigenvalue weighted by molar-refractivity contribution is 5.98. The van der Waals surface area contributed by atoms with E-state index in [1.807, 2.05) is 44.1 Å². The van der Waals surface area contributed by atoms with Gasteiger partial charge < -0.3 is 9.64 Å². The molecule has 0 spiro atoms. The Bertz CT molecular complexity index is 642. The lowest BCUT2D eigenvalue weighted by atomic mass is 10.1. The minimum Gasteiger partial charge on any atom is -0.494 e. The zero-order chi connectivity index (χ0) is 13.3. The van der Waals surface area contributed by atoms with Gasteiger partial charge in [0.1, 0.15) is 17.3 Å². The van der Waals surface area contributed by atoms with Crippen LogP contribution in [0.15, 0.2) is 18.2 Å². The van der Waals surface area contributed by atoms with Crippen molar-refractivity contribution in [2.24, 2.45) is 0 Å². The minimum absolute atomic E-state index is 0.612. The van der Waals surface area contributed by atoms with E-state index in [-0.39, 0.29) is 0 Å². The standard InChI is InChI=1S/C14H15N3O/c1-9-11(8-15)14(17(2)3)10-6-5-7-12(18-4)13(10)16-9/h5-7H,1-4H3. The third-order valence-electron chi connectivity index (χ3n) is 2.91. The maximum atomic E-state index is 9.29. The van der Waals surface area contributed by atoms with Crippen LogP contribution in [0.3, 0.4) is 0 Å². The maximum Gasteiger partial charge on any atom is 0.145 e. The summed E-state index contributed by atoms with van der Waals surface area (Å²) in [5.41, 5.74) is 3.01. The van der Waals surface area contributed by atoms with Crippen LogP contribution >= 0.6 is 0 Å². The van der Waals surface area contributed by atoms with Gasteiger partial charge in [0.15, 0.2) is 0 Å². The first-order valence-electron chi connectivity index (χ1n) is 5.65. The number of benzene rings is 1. The molecule has 4 heteroatoms. The van der Waals surface area contributed by atoms with Crippen molar-refractivity contribution in [3.05, 3.63) is 29.5 Å². The molecule has 0 aliphatic heterocycles. The summed E-state index contributed by atoms with van der Waals surface area (Å²) in [4.78, 5) is 6.43. The molecule has 2 aromatic rings. The molecule has 0 saturated heterocycles. The lowest BCUT2D eigenvalue weighted by Crippen LogP contribution is -2.13. The Morgan fingerprint density at radius 2 is 2.06 bits per heavy atom. The zero-order valence-corrected chi connectivity index (χ0v) is 11.0. The predicted molar refractivity (Wildman–Crippen MR) is 72.1 cm³/mol. The van der Waals surface area contributed by atoms with Gasteiger partial charge in [0, 0.05) is 19.5 Å². The quantitative estimate of drug-likeness (QED) is 0.810. The first-order chi connectivity index (χ1) is 8.60. The second-order valence-corrected chi connectivity index (χ2v) is 4.28. The van der Waals surface area contributed by atoms with E-state index in [1.54, 1.807) is 7.11 Å². The highest BCUT2D eigenvalue weighted by Gasteiger charge is 2.16. The Hall–Kier alpha value is -2.28. The fourth-order valence-electron chi connectivity index (χ4n) is 2.12. The molecule has 92 valence electrons. The lowest BCUT2D eigenvalue weighted by molar-refractivity contribution is 0.419. The predicted octanol–water partition coefficient (Wildman–Crippen LogP) is 2.49. The van der Waals surface area contributed by atoms with Crippen molar-refractivity contribution in [1.29, 1.82) is 5.26 Å². The smallest absolute Gasteiger partial charge is 0.145 e. The van der Waals surface area contributed by atoms with Crippen molar-refractivity contribution in [2.45, 2.75) is 6.92 Å². The Kier molecular flexibility index (Phi) is 3.07. The second kappa shape index (κ2) is 4.53. The largest absolute Gasteiger partial charge is 0.494 e. The highest BCUT2D eigenvalue weighted by atomic mass is 16.5. The summed E-state index contributed by atoms with van der Waals surface area (Å²) in [6.07, 6.45) is 0. The number of para-hydroxylation sites is 1. The normalized spacial score (nSPS) is 10.2.